The predicted molar refractivity (Wildman–Crippen MR) is 82.7 cm³/mol. The molecule has 0 saturated carbocycles. The molecule has 0 aromatic heterocycles. The maximum atomic E-state index is 11.4. The monoisotopic (exact) mass is 287 g/mol. The van der Waals surface area contributed by atoms with E-state index in [2.05, 4.69) is 11.8 Å². The zero-order valence-corrected chi connectivity index (χ0v) is 13.2. The molecule has 1 heterocycles. The summed E-state index contributed by atoms with van der Waals surface area (Å²) in [6.07, 6.45) is 8.00. The Hall–Kier alpha value is -0.220. The Labute approximate surface area is 122 Å². The molecule has 4 heteroatoms. The fourth-order valence-electron chi connectivity index (χ4n) is 2.24. The first-order valence-corrected chi connectivity index (χ1v) is 8.94. The number of nitrogens with zero attached hydrogens (tertiary/aromatic N) is 1. The molecule has 0 unspecified atom stereocenters. The van der Waals surface area contributed by atoms with Gasteiger partial charge < -0.3 is 9.64 Å². The Morgan fingerprint density at radius 1 is 1.16 bits per heavy atom. The largest absolute Gasteiger partial charge is 0.466 e. The molecule has 1 rings (SSSR count). The topological polar surface area (TPSA) is 29.5 Å². The average Bonchev–Trinajstić information content (AvgIpc) is 2.44. The van der Waals surface area contributed by atoms with Crippen LogP contribution in [0.25, 0.3) is 0 Å². The van der Waals surface area contributed by atoms with Crippen LogP contribution in [-0.4, -0.2) is 48.6 Å². The summed E-state index contributed by atoms with van der Waals surface area (Å²) >= 11 is 1.88. The van der Waals surface area contributed by atoms with Crippen molar-refractivity contribution >= 4 is 17.7 Å². The summed E-state index contributed by atoms with van der Waals surface area (Å²) in [7, 11) is 0. The molecule has 0 atom stereocenters. The zero-order valence-electron chi connectivity index (χ0n) is 12.4. The van der Waals surface area contributed by atoms with Gasteiger partial charge in [0.1, 0.15) is 0 Å². The average molecular weight is 287 g/mol. The van der Waals surface area contributed by atoms with E-state index in [0.717, 1.165) is 24.3 Å². The number of ether oxygens (including phenoxy) is 1. The molecule has 1 fully saturated rings. The van der Waals surface area contributed by atoms with E-state index >= 15 is 0 Å². The van der Waals surface area contributed by atoms with E-state index in [1.165, 1.54) is 45.3 Å². The third kappa shape index (κ3) is 9.33. The Morgan fingerprint density at radius 2 is 1.95 bits per heavy atom. The first kappa shape index (κ1) is 16.8. The summed E-state index contributed by atoms with van der Waals surface area (Å²) < 4.78 is 5.18. The lowest BCUT2D eigenvalue weighted by Crippen LogP contribution is -2.31. The zero-order chi connectivity index (χ0) is 13.8. The summed E-state index contributed by atoms with van der Waals surface area (Å²) in [4.78, 5) is 14.0. The van der Waals surface area contributed by atoms with Gasteiger partial charge in [-0.3, -0.25) is 4.79 Å². The second-order valence-corrected chi connectivity index (χ2v) is 6.42. The van der Waals surface area contributed by atoms with Crippen LogP contribution in [-0.2, 0) is 9.53 Å². The van der Waals surface area contributed by atoms with Crippen molar-refractivity contribution in [1.82, 2.24) is 4.90 Å². The number of rotatable bonds is 10. The standard InChI is InChI=1S/C15H29NO2S/c1-2-3-7-12-18-15(17)8-13-19-14-11-16-9-5-4-6-10-16/h2-14H2,1H3. The van der Waals surface area contributed by atoms with E-state index in [-0.39, 0.29) is 5.97 Å². The molecule has 112 valence electrons. The van der Waals surface area contributed by atoms with E-state index in [1.54, 1.807) is 0 Å². The Morgan fingerprint density at radius 3 is 2.68 bits per heavy atom. The number of piperidine rings is 1. The summed E-state index contributed by atoms with van der Waals surface area (Å²) in [5.74, 6) is 2.02. The molecule has 0 N–H and O–H groups in total. The maximum Gasteiger partial charge on any atom is 0.306 e. The van der Waals surface area contributed by atoms with Crippen LogP contribution in [0.3, 0.4) is 0 Å². The van der Waals surface area contributed by atoms with Gasteiger partial charge >= 0.3 is 5.97 Å². The molecule has 0 aliphatic carbocycles. The lowest BCUT2D eigenvalue weighted by atomic mass is 10.1. The fourth-order valence-corrected chi connectivity index (χ4v) is 3.15. The predicted octanol–water partition coefficient (Wildman–Crippen LogP) is 3.33. The molecular weight excluding hydrogens is 258 g/mol. The van der Waals surface area contributed by atoms with Crippen molar-refractivity contribution in [2.75, 3.05) is 37.7 Å². The lowest BCUT2D eigenvalue weighted by Gasteiger charge is -2.26. The van der Waals surface area contributed by atoms with Gasteiger partial charge in [0.25, 0.3) is 0 Å². The molecule has 0 bridgehead atoms. The molecule has 1 aliphatic rings. The van der Waals surface area contributed by atoms with Crippen LogP contribution < -0.4 is 0 Å². The van der Waals surface area contributed by atoms with Crippen LogP contribution in [0, 0.1) is 0 Å². The number of esters is 1. The minimum absolute atomic E-state index is 0.0263. The smallest absolute Gasteiger partial charge is 0.306 e. The number of likely N-dealkylation sites (tertiary alicyclic amines) is 1. The summed E-state index contributed by atoms with van der Waals surface area (Å²) in [6, 6.07) is 0. The molecule has 0 radical (unpaired) electrons. The fraction of sp³-hybridized carbons (Fsp3) is 0.933. The van der Waals surface area contributed by atoms with Crippen molar-refractivity contribution in [1.29, 1.82) is 0 Å². The summed E-state index contributed by atoms with van der Waals surface area (Å²) in [5, 5.41) is 0. The van der Waals surface area contributed by atoms with Crippen molar-refractivity contribution in [3.8, 4) is 0 Å². The van der Waals surface area contributed by atoms with E-state index < -0.39 is 0 Å². The van der Waals surface area contributed by atoms with E-state index in [0.29, 0.717) is 13.0 Å². The number of thioether (sulfide) groups is 1. The molecule has 0 amide bonds. The SMILES string of the molecule is CCCCCOC(=O)CCSCCN1CCCCC1. The van der Waals surface area contributed by atoms with Crippen LogP contribution in [0.15, 0.2) is 0 Å². The normalized spacial score (nSPS) is 16.5. The van der Waals surface area contributed by atoms with E-state index in [1.807, 2.05) is 11.8 Å². The van der Waals surface area contributed by atoms with Gasteiger partial charge in [0, 0.05) is 18.1 Å². The molecule has 1 aliphatic heterocycles. The quantitative estimate of drug-likeness (QED) is 0.455. The van der Waals surface area contributed by atoms with Crippen molar-refractivity contribution in [2.45, 2.75) is 51.9 Å². The molecule has 0 spiro atoms. The molecule has 19 heavy (non-hydrogen) atoms. The van der Waals surface area contributed by atoms with Crippen molar-refractivity contribution in [2.24, 2.45) is 0 Å². The highest BCUT2D eigenvalue weighted by Gasteiger charge is 2.09. The van der Waals surface area contributed by atoms with Crippen molar-refractivity contribution in [3.63, 3.8) is 0 Å². The van der Waals surface area contributed by atoms with Gasteiger partial charge in [0.15, 0.2) is 0 Å². The second-order valence-electron chi connectivity index (χ2n) is 5.19. The van der Waals surface area contributed by atoms with Gasteiger partial charge in [-0.15, -0.1) is 0 Å². The van der Waals surface area contributed by atoms with Crippen LogP contribution >= 0.6 is 11.8 Å². The van der Waals surface area contributed by atoms with E-state index in [9.17, 15) is 4.79 Å². The van der Waals surface area contributed by atoms with Gasteiger partial charge in [0.05, 0.1) is 13.0 Å². The Balaban J connectivity index is 1.85. The minimum atomic E-state index is -0.0263. The van der Waals surface area contributed by atoms with Crippen LogP contribution in [0.1, 0.15) is 51.9 Å². The second kappa shape index (κ2) is 11.6. The number of hydrogen-bond donors (Lipinski definition) is 0. The van der Waals surface area contributed by atoms with Crippen molar-refractivity contribution < 1.29 is 9.53 Å². The van der Waals surface area contributed by atoms with Gasteiger partial charge in [-0.2, -0.15) is 11.8 Å². The number of carbonyl (C=O) groups excluding carboxylic acids is 1. The molecule has 1 saturated heterocycles. The van der Waals surface area contributed by atoms with Gasteiger partial charge in [-0.25, -0.2) is 0 Å². The van der Waals surface area contributed by atoms with Crippen molar-refractivity contribution in [3.05, 3.63) is 0 Å². The summed E-state index contributed by atoms with van der Waals surface area (Å²) in [5.41, 5.74) is 0. The van der Waals surface area contributed by atoms with Gasteiger partial charge in [-0.05, 0) is 32.4 Å². The third-order valence-electron chi connectivity index (χ3n) is 3.46. The Bertz CT molecular complexity index is 230. The first-order valence-electron chi connectivity index (χ1n) is 7.78. The first-order chi connectivity index (χ1) is 9.33. The van der Waals surface area contributed by atoms with Crippen LogP contribution in [0.2, 0.25) is 0 Å². The molecule has 0 aromatic rings. The summed E-state index contributed by atoms with van der Waals surface area (Å²) in [6.45, 7) is 6.46. The maximum absolute atomic E-state index is 11.4. The Kier molecular flexibility index (Phi) is 10.3. The van der Waals surface area contributed by atoms with Crippen LogP contribution in [0.5, 0.6) is 0 Å². The van der Waals surface area contributed by atoms with Gasteiger partial charge in [-0.1, -0.05) is 26.2 Å². The number of unbranched alkanes of at least 4 members (excludes halogenated alkanes) is 2. The molecular formula is C15H29NO2S. The third-order valence-corrected chi connectivity index (χ3v) is 4.43. The molecule has 3 nitrogen and oxygen atoms in total. The van der Waals surface area contributed by atoms with E-state index in [4.69, 9.17) is 4.74 Å². The number of hydrogen-bond acceptors (Lipinski definition) is 4. The molecule has 0 aromatic carbocycles. The highest BCUT2D eigenvalue weighted by atomic mass is 32.2. The lowest BCUT2D eigenvalue weighted by molar-refractivity contribution is -0.143. The number of carbonyl (C=O) groups is 1. The van der Waals surface area contributed by atoms with Crippen LogP contribution in [0.4, 0.5) is 0 Å². The highest BCUT2D eigenvalue weighted by molar-refractivity contribution is 7.99. The highest BCUT2D eigenvalue weighted by Crippen LogP contribution is 2.10. The van der Waals surface area contributed by atoms with Gasteiger partial charge in [0.2, 0.25) is 0 Å². The minimum Gasteiger partial charge on any atom is -0.466 e.